The Labute approximate surface area is 95.6 Å². The Hall–Kier alpha value is -0.840. The van der Waals surface area contributed by atoms with Gasteiger partial charge in [-0.2, -0.15) is 0 Å². The lowest BCUT2D eigenvalue weighted by atomic mass is 9.99. The van der Waals surface area contributed by atoms with Gasteiger partial charge in [0.25, 0.3) is 0 Å². The molecule has 0 saturated carbocycles. The molecule has 15 heavy (non-hydrogen) atoms. The van der Waals surface area contributed by atoms with Crippen molar-refractivity contribution < 1.29 is 14.3 Å². The van der Waals surface area contributed by atoms with E-state index in [2.05, 4.69) is 0 Å². The standard InChI is InChI=1S/C9H8Cl2FNO2/c10-6-2-8(12)7(11)1-4(6)5(3-13)9(14)15/h1-2,5H,3,13H2,(H,14,15). The highest BCUT2D eigenvalue weighted by atomic mass is 35.5. The van der Waals surface area contributed by atoms with Crippen LogP contribution in [0.5, 0.6) is 0 Å². The van der Waals surface area contributed by atoms with Crippen molar-refractivity contribution in [3.63, 3.8) is 0 Å². The third-order valence-corrected chi connectivity index (χ3v) is 2.57. The first kappa shape index (κ1) is 12.2. The lowest BCUT2D eigenvalue weighted by molar-refractivity contribution is -0.138. The second-order valence-corrected chi connectivity index (χ2v) is 3.73. The number of hydrogen-bond donors (Lipinski definition) is 2. The summed E-state index contributed by atoms with van der Waals surface area (Å²) in [6.45, 7) is -0.128. The van der Waals surface area contributed by atoms with Crippen LogP contribution in [0.3, 0.4) is 0 Å². The minimum absolute atomic E-state index is 0.00903. The summed E-state index contributed by atoms with van der Waals surface area (Å²) in [5, 5.41) is 8.67. The van der Waals surface area contributed by atoms with Gasteiger partial charge < -0.3 is 10.8 Å². The van der Waals surface area contributed by atoms with Crippen molar-refractivity contribution >= 4 is 29.2 Å². The third-order valence-electron chi connectivity index (χ3n) is 1.95. The summed E-state index contributed by atoms with van der Waals surface area (Å²) >= 11 is 11.2. The molecule has 3 nitrogen and oxygen atoms in total. The SMILES string of the molecule is NCC(C(=O)O)c1cc(Cl)c(F)cc1Cl. The van der Waals surface area contributed by atoms with E-state index in [0.29, 0.717) is 0 Å². The second kappa shape index (κ2) is 4.79. The van der Waals surface area contributed by atoms with Crippen LogP contribution < -0.4 is 5.73 Å². The first-order valence-corrected chi connectivity index (χ1v) is 4.80. The van der Waals surface area contributed by atoms with Gasteiger partial charge >= 0.3 is 5.97 Å². The normalized spacial score (nSPS) is 12.5. The monoisotopic (exact) mass is 251 g/mol. The van der Waals surface area contributed by atoms with E-state index in [1.807, 2.05) is 0 Å². The fourth-order valence-corrected chi connectivity index (χ4v) is 1.62. The predicted molar refractivity (Wildman–Crippen MR) is 55.9 cm³/mol. The van der Waals surface area contributed by atoms with Crippen LogP contribution in [-0.4, -0.2) is 17.6 Å². The Bertz CT molecular complexity index is 398. The number of benzene rings is 1. The van der Waals surface area contributed by atoms with Gasteiger partial charge in [-0.15, -0.1) is 0 Å². The van der Waals surface area contributed by atoms with Crippen LogP contribution in [0.15, 0.2) is 12.1 Å². The van der Waals surface area contributed by atoms with Crippen LogP contribution in [0.2, 0.25) is 10.0 Å². The maximum atomic E-state index is 12.9. The summed E-state index contributed by atoms with van der Waals surface area (Å²) in [7, 11) is 0. The number of nitrogens with two attached hydrogens (primary N) is 1. The minimum Gasteiger partial charge on any atom is -0.481 e. The molecule has 1 atom stereocenters. The molecule has 0 radical (unpaired) electrons. The van der Waals surface area contributed by atoms with Crippen molar-refractivity contribution in [2.45, 2.75) is 5.92 Å². The predicted octanol–water partition coefficient (Wildman–Crippen LogP) is 2.26. The van der Waals surface area contributed by atoms with Crippen LogP contribution >= 0.6 is 23.2 Å². The molecule has 0 aliphatic rings. The number of halogens is 3. The van der Waals surface area contributed by atoms with Gasteiger partial charge in [0.2, 0.25) is 0 Å². The van der Waals surface area contributed by atoms with E-state index in [4.69, 9.17) is 34.0 Å². The molecule has 3 N–H and O–H groups in total. The molecule has 82 valence electrons. The van der Waals surface area contributed by atoms with Crippen molar-refractivity contribution in [2.75, 3.05) is 6.54 Å². The van der Waals surface area contributed by atoms with Gasteiger partial charge in [0, 0.05) is 11.6 Å². The number of rotatable bonds is 3. The van der Waals surface area contributed by atoms with Crippen LogP contribution in [0.25, 0.3) is 0 Å². The zero-order valence-electron chi connectivity index (χ0n) is 7.51. The van der Waals surface area contributed by atoms with Gasteiger partial charge in [-0.1, -0.05) is 23.2 Å². The topological polar surface area (TPSA) is 63.3 Å². The maximum Gasteiger partial charge on any atom is 0.312 e. The van der Waals surface area contributed by atoms with Crippen molar-refractivity contribution in [1.82, 2.24) is 0 Å². The largest absolute Gasteiger partial charge is 0.481 e. The van der Waals surface area contributed by atoms with Crippen molar-refractivity contribution in [3.05, 3.63) is 33.6 Å². The first-order chi connectivity index (χ1) is 6.97. The molecule has 1 rings (SSSR count). The highest BCUT2D eigenvalue weighted by molar-refractivity contribution is 6.34. The van der Waals surface area contributed by atoms with Crippen LogP contribution in [-0.2, 0) is 4.79 Å². The molecule has 1 unspecified atom stereocenters. The van der Waals surface area contributed by atoms with Crippen molar-refractivity contribution in [3.8, 4) is 0 Å². The molecule has 0 aliphatic carbocycles. The quantitative estimate of drug-likeness (QED) is 0.811. The van der Waals surface area contributed by atoms with Crippen LogP contribution in [0, 0.1) is 5.82 Å². The van der Waals surface area contributed by atoms with Crippen molar-refractivity contribution in [2.24, 2.45) is 5.73 Å². The zero-order chi connectivity index (χ0) is 11.6. The zero-order valence-corrected chi connectivity index (χ0v) is 9.02. The summed E-state index contributed by atoms with van der Waals surface area (Å²) in [5.74, 6) is -2.79. The van der Waals surface area contributed by atoms with Gasteiger partial charge in [0.05, 0.1) is 10.9 Å². The molecule has 0 aliphatic heterocycles. The highest BCUT2D eigenvalue weighted by Crippen LogP contribution is 2.29. The molecule has 0 fully saturated rings. The Kier molecular flexibility index (Phi) is 3.90. The minimum atomic E-state index is -1.12. The lowest BCUT2D eigenvalue weighted by Gasteiger charge is -2.12. The summed E-state index contributed by atoms with van der Waals surface area (Å²) in [5.41, 5.74) is 5.51. The number of aliphatic carboxylic acids is 1. The number of carbonyl (C=O) groups is 1. The molecule has 1 aromatic carbocycles. The lowest BCUT2D eigenvalue weighted by Crippen LogP contribution is -2.21. The number of carboxylic acid groups (broad SMARTS) is 1. The summed E-state index contributed by atoms with van der Waals surface area (Å²) in [6.07, 6.45) is 0. The highest BCUT2D eigenvalue weighted by Gasteiger charge is 2.22. The molecule has 0 saturated heterocycles. The summed E-state index contributed by atoms with van der Waals surface area (Å²) < 4.78 is 12.9. The fourth-order valence-electron chi connectivity index (χ4n) is 1.17. The Morgan fingerprint density at radius 3 is 2.53 bits per heavy atom. The summed E-state index contributed by atoms with van der Waals surface area (Å²) in [4.78, 5) is 10.8. The average Bonchev–Trinajstić information content (AvgIpc) is 2.14. The Morgan fingerprint density at radius 1 is 1.47 bits per heavy atom. The average molecular weight is 252 g/mol. The summed E-state index contributed by atoms with van der Waals surface area (Å²) in [6, 6.07) is 2.16. The molecule has 0 aromatic heterocycles. The van der Waals surface area contributed by atoms with Crippen LogP contribution in [0.4, 0.5) is 4.39 Å². The van der Waals surface area contributed by atoms with Gasteiger partial charge in [0.15, 0.2) is 0 Å². The molecular weight excluding hydrogens is 244 g/mol. The van der Waals surface area contributed by atoms with Gasteiger partial charge in [0.1, 0.15) is 5.82 Å². The molecule has 0 bridgehead atoms. The number of carboxylic acids is 1. The Balaban J connectivity index is 3.24. The van der Waals surface area contributed by atoms with Gasteiger partial charge in [-0.05, 0) is 17.7 Å². The van der Waals surface area contributed by atoms with E-state index >= 15 is 0 Å². The van der Waals surface area contributed by atoms with E-state index in [9.17, 15) is 9.18 Å². The van der Waals surface area contributed by atoms with Gasteiger partial charge in [-0.3, -0.25) is 4.79 Å². The molecule has 6 heteroatoms. The molecule has 0 amide bonds. The van der Waals surface area contributed by atoms with E-state index in [0.717, 1.165) is 6.07 Å². The maximum absolute atomic E-state index is 12.9. The second-order valence-electron chi connectivity index (χ2n) is 2.91. The fraction of sp³-hybridized carbons (Fsp3) is 0.222. The van der Waals surface area contributed by atoms with Crippen LogP contribution in [0.1, 0.15) is 11.5 Å². The van der Waals surface area contributed by atoms with Gasteiger partial charge in [-0.25, -0.2) is 4.39 Å². The van der Waals surface area contributed by atoms with E-state index in [-0.39, 0.29) is 22.2 Å². The molecule has 0 spiro atoms. The Morgan fingerprint density at radius 2 is 2.07 bits per heavy atom. The molecule has 0 heterocycles. The third kappa shape index (κ3) is 2.59. The number of hydrogen-bond acceptors (Lipinski definition) is 2. The smallest absolute Gasteiger partial charge is 0.312 e. The van der Waals surface area contributed by atoms with E-state index in [1.165, 1.54) is 6.07 Å². The van der Waals surface area contributed by atoms with E-state index in [1.54, 1.807) is 0 Å². The van der Waals surface area contributed by atoms with E-state index < -0.39 is 17.7 Å². The first-order valence-electron chi connectivity index (χ1n) is 4.04. The van der Waals surface area contributed by atoms with Crippen molar-refractivity contribution in [1.29, 1.82) is 0 Å². The molecular formula is C9H8Cl2FNO2. The molecule has 1 aromatic rings.